The van der Waals surface area contributed by atoms with E-state index in [1.165, 1.54) is 0 Å². The van der Waals surface area contributed by atoms with Gasteiger partial charge in [0.25, 0.3) is 5.91 Å². The molecule has 0 radical (unpaired) electrons. The van der Waals surface area contributed by atoms with Crippen LogP contribution in [-0.2, 0) is 11.3 Å². The molecule has 2 aromatic carbocycles. The zero-order chi connectivity index (χ0) is 18.1. The molecule has 0 aromatic heterocycles. The summed E-state index contributed by atoms with van der Waals surface area (Å²) < 4.78 is 5.70. The number of benzene rings is 2. The molecule has 0 bridgehead atoms. The Hall–Kier alpha value is -2.04. The standard InChI is InChI=1S/C20H25ClN2O2/c1-3-4-11-22-13-16-12-17(21)7-10-19(16)25-14-20(24)23-18-8-5-15(2)6-9-18/h5-10,12,22H,3-4,11,13-14H2,1-2H3,(H,23,24). The maximum Gasteiger partial charge on any atom is 0.262 e. The normalized spacial score (nSPS) is 10.5. The lowest BCUT2D eigenvalue weighted by molar-refractivity contribution is -0.118. The maximum atomic E-state index is 12.1. The van der Waals surface area contributed by atoms with Crippen molar-refractivity contribution in [3.8, 4) is 5.75 Å². The smallest absolute Gasteiger partial charge is 0.262 e. The van der Waals surface area contributed by atoms with Gasteiger partial charge in [0.1, 0.15) is 5.75 Å². The number of hydrogen-bond donors (Lipinski definition) is 2. The quantitative estimate of drug-likeness (QED) is 0.645. The first-order chi connectivity index (χ1) is 12.1. The molecule has 0 aliphatic rings. The summed E-state index contributed by atoms with van der Waals surface area (Å²) in [6, 6.07) is 13.1. The first kappa shape index (κ1) is 19.3. The van der Waals surface area contributed by atoms with Gasteiger partial charge in [-0.1, -0.05) is 42.6 Å². The van der Waals surface area contributed by atoms with Gasteiger partial charge in [0.2, 0.25) is 0 Å². The molecular weight excluding hydrogens is 336 g/mol. The summed E-state index contributed by atoms with van der Waals surface area (Å²) in [4.78, 5) is 12.1. The van der Waals surface area contributed by atoms with Gasteiger partial charge in [-0.05, 0) is 50.2 Å². The van der Waals surface area contributed by atoms with E-state index < -0.39 is 0 Å². The summed E-state index contributed by atoms with van der Waals surface area (Å²) in [6.07, 6.45) is 2.26. The van der Waals surface area contributed by atoms with Crippen LogP contribution in [0, 0.1) is 6.92 Å². The van der Waals surface area contributed by atoms with Gasteiger partial charge in [0.05, 0.1) is 0 Å². The van der Waals surface area contributed by atoms with Crippen molar-refractivity contribution < 1.29 is 9.53 Å². The third-order valence-corrected chi connectivity index (χ3v) is 3.97. The second-order valence-corrected chi connectivity index (χ2v) is 6.42. The Morgan fingerprint density at radius 1 is 1.16 bits per heavy atom. The second kappa shape index (κ2) is 10.1. The van der Waals surface area contributed by atoms with Crippen molar-refractivity contribution in [2.24, 2.45) is 0 Å². The van der Waals surface area contributed by atoms with Gasteiger partial charge in [0, 0.05) is 22.8 Å². The van der Waals surface area contributed by atoms with Crippen molar-refractivity contribution in [2.75, 3.05) is 18.5 Å². The molecule has 134 valence electrons. The van der Waals surface area contributed by atoms with Crippen LogP contribution < -0.4 is 15.4 Å². The lowest BCUT2D eigenvalue weighted by Crippen LogP contribution is -2.21. The van der Waals surface area contributed by atoms with Crippen LogP contribution in [-0.4, -0.2) is 19.1 Å². The molecule has 0 heterocycles. The molecule has 0 unspecified atom stereocenters. The summed E-state index contributed by atoms with van der Waals surface area (Å²) >= 11 is 6.08. The predicted molar refractivity (Wildman–Crippen MR) is 103 cm³/mol. The van der Waals surface area contributed by atoms with E-state index in [0.29, 0.717) is 17.3 Å². The zero-order valence-corrected chi connectivity index (χ0v) is 15.5. The molecule has 1 amide bonds. The van der Waals surface area contributed by atoms with Crippen molar-refractivity contribution in [3.63, 3.8) is 0 Å². The van der Waals surface area contributed by atoms with E-state index in [2.05, 4.69) is 17.6 Å². The summed E-state index contributed by atoms with van der Waals surface area (Å²) in [5.41, 5.74) is 2.86. The fraction of sp³-hybridized carbons (Fsp3) is 0.350. The molecule has 25 heavy (non-hydrogen) atoms. The maximum absolute atomic E-state index is 12.1. The first-order valence-corrected chi connectivity index (χ1v) is 8.94. The number of carbonyl (C=O) groups excluding carboxylic acids is 1. The number of halogens is 1. The number of amides is 1. The SMILES string of the molecule is CCCCNCc1cc(Cl)ccc1OCC(=O)Nc1ccc(C)cc1. The number of anilines is 1. The van der Waals surface area contributed by atoms with Gasteiger partial charge in [-0.15, -0.1) is 0 Å². The lowest BCUT2D eigenvalue weighted by Gasteiger charge is -2.13. The number of unbranched alkanes of at least 4 members (excludes halogenated alkanes) is 1. The van der Waals surface area contributed by atoms with Gasteiger partial charge < -0.3 is 15.4 Å². The topological polar surface area (TPSA) is 50.4 Å². The highest BCUT2D eigenvalue weighted by Gasteiger charge is 2.08. The Labute approximate surface area is 154 Å². The summed E-state index contributed by atoms with van der Waals surface area (Å²) in [6.45, 7) is 5.72. The number of nitrogens with one attached hydrogen (secondary N) is 2. The summed E-state index contributed by atoms with van der Waals surface area (Å²) in [5, 5.41) is 6.84. The molecule has 0 spiro atoms. The third-order valence-electron chi connectivity index (χ3n) is 3.74. The van der Waals surface area contributed by atoms with Gasteiger partial charge >= 0.3 is 0 Å². The van der Waals surface area contributed by atoms with Crippen molar-refractivity contribution in [2.45, 2.75) is 33.2 Å². The predicted octanol–water partition coefficient (Wildman–Crippen LogP) is 4.56. The monoisotopic (exact) mass is 360 g/mol. The molecule has 0 fully saturated rings. The van der Waals surface area contributed by atoms with Crippen LogP contribution in [0.25, 0.3) is 0 Å². The molecule has 5 heteroatoms. The van der Waals surface area contributed by atoms with Crippen LogP contribution >= 0.6 is 11.6 Å². The van der Waals surface area contributed by atoms with Crippen LogP contribution in [0.1, 0.15) is 30.9 Å². The number of rotatable bonds is 9. The Kier molecular flexibility index (Phi) is 7.76. The van der Waals surface area contributed by atoms with Crippen LogP contribution in [0.3, 0.4) is 0 Å². The Balaban J connectivity index is 1.90. The first-order valence-electron chi connectivity index (χ1n) is 8.57. The minimum Gasteiger partial charge on any atom is -0.483 e. The largest absolute Gasteiger partial charge is 0.483 e. The highest BCUT2D eigenvalue weighted by molar-refractivity contribution is 6.30. The number of aryl methyl sites for hydroxylation is 1. The zero-order valence-electron chi connectivity index (χ0n) is 14.8. The van der Waals surface area contributed by atoms with Crippen molar-refractivity contribution in [1.82, 2.24) is 5.32 Å². The lowest BCUT2D eigenvalue weighted by atomic mass is 10.2. The van der Waals surface area contributed by atoms with E-state index in [1.54, 1.807) is 12.1 Å². The molecule has 0 saturated heterocycles. The van der Waals surface area contributed by atoms with Gasteiger partial charge in [-0.2, -0.15) is 0 Å². The van der Waals surface area contributed by atoms with Gasteiger partial charge in [0.15, 0.2) is 6.61 Å². The van der Waals surface area contributed by atoms with E-state index in [1.807, 2.05) is 37.3 Å². The second-order valence-electron chi connectivity index (χ2n) is 5.99. The fourth-order valence-corrected chi connectivity index (χ4v) is 2.52. The molecular formula is C20H25ClN2O2. The fourth-order valence-electron chi connectivity index (χ4n) is 2.33. The van der Waals surface area contributed by atoms with Crippen LogP contribution in [0.5, 0.6) is 5.75 Å². The van der Waals surface area contributed by atoms with Crippen molar-refractivity contribution >= 4 is 23.2 Å². The van der Waals surface area contributed by atoms with E-state index in [9.17, 15) is 4.79 Å². The molecule has 2 rings (SSSR count). The molecule has 0 aliphatic carbocycles. The number of ether oxygens (including phenoxy) is 1. The molecule has 4 nitrogen and oxygen atoms in total. The van der Waals surface area contributed by atoms with E-state index in [-0.39, 0.29) is 12.5 Å². The highest BCUT2D eigenvalue weighted by Crippen LogP contribution is 2.23. The van der Waals surface area contributed by atoms with Crippen molar-refractivity contribution in [1.29, 1.82) is 0 Å². The number of carbonyl (C=O) groups is 1. The molecule has 2 N–H and O–H groups in total. The highest BCUT2D eigenvalue weighted by atomic mass is 35.5. The average molecular weight is 361 g/mol. The Morgan fingerprint density at radius 2 is 1.92 bits per heavy atom. The minimum atomic E-state index is -0.191. The molecule has 0 saturated carbocycles. The van der Waals surface area contributed by atoms with Gasteiger partial charge in [-0.25, -0.2) is 0 Å². The third kappa shape index (κ3) is 6.77. The average Bonchev–Trinajstić information content (AvgIpc) is 2.60. The van der Waals surface area contributed by atoms with E-state index in [4.69, 9.17) is 16.3 Å². The molecule has 2 aromatic rings. The van der Waals surface area contributed by atoms with Gasteiger partial charge in [-0.3, -0.25) is 4.79 Å². The van der Waals surface area contributed by atoms with Crippen LogP contribution in [0.15, 0.2) is 42.5 Å². The molecule has 0 aliphatic heterocycles. The van der Waals surface area contributed by atoms with E-state index in [0.717, 1.165) is 36.2 Å². The number of hydrogen-bond acceptors (Lipinski definition) is 3. The Morgan fingerprint density at radius 3 is 2.64 bits per heavy atom. The minimum absolute atomic E-state index is 0.0442. The summed E-state index contributed by atoms with van der Waals surface area (Å²) in [7, 11) is 0. The van der Waals surface area contributed by atoms with Crippen molar-refractivity contribution in [3.05, 3.63) is 58.6 Å². The van der Waals surface area contributed by atoms with Crippen LogP contribution in [0.4, 0.5) is 5.69 Å². The van der Waals surface area contributed by atoms with E-state index >= 15 is 0 Å². The Bertz CT molecular complexity index is 687. The van der Waals surface area contributed by atoms with Crippen LogP contribution in [0.2, 0.25) is 5.02 Å². The summed E-state index contributed by atoms with van der Waals surface area (Å²) in [5.74, 6) is 0.483. The molecule has 0 atom stereocenters.